The van der Waals surface area contributed by atoms with E-state index in [0.717, 1.165) is 32.0 Å². The first-order chi connectivity index (χ1) is 11.2. The smallest absolute Gasteiger partial charge is 0.289 e. The summed E-state index contributed by atoms with van der Waals surface area (Å²) >= 11 is 0. The number of carbonyl (C=O) groups is 1. The van der Waals surface area contributed by atoms with Crippen LogP contribution in [0.15, 0.2) is 22.8 Å². The quantitative estimate of drug-likeness (QED) is 0.859. The van der Waals surface area contributed by atoms with E-state index >= 15 is 0 Å². The van der Waals surface area contributed by atoms with Gasteiger partial charge in [-0.3, -0.25) is 4.79 Å². The van der Waals surface area contributed by atoms with Gasteiger partial charge in [0.1, 0.15) is 6.17 Å². The Morgan fingerprint density at radius 3 is 2.87 bits per heavy atom. The summed E-state index contributed by atoms with van der Waals surface area (Å²) in [5.74, 6) is 1.07. The molecule has 3 heterocycles. The van der Waals surface area contributed by atoms with E-state index in [9.17, 15) is 9.18 Å². The number of hydrogen-bond donors (Lipinski definition) is 0. The molecule has 0 unspecified atom stereocenters. The zero-order valence-electron chi connectivity index (χ0n) is 13.5. The molecule has 3 fully saturated rings. The lowest BCUT2D eigenvalue weighted by atomic mass is 9.76. The molecular formula is C18H25FN2O2. The summed E-state index contributed by atoms with van der Waals surface area (Å²) in [7, 11) is 0. The summed E-state index contributed by atoms with van der Waals surface area (Å²) in [4.78, 5) is 16.7. The predicted molar refractivity (Wildman–Crippen MR) is 85.0 cm³/mol. The average Bonchev–Trinajstić information content (AvgIpc) is 3.17. The Kier molecular flexibility index (Phi) is 3.92. The molecule has 2 aliphatic heterocycles. The molecule has 5 heteroatoms. The molecule has 0 N–H and O–H groups in total. The molecule has 1 aliphatic carbocycles. The minimum atomic E-state index is -0.797. The van der Waals surface area contributed by atoms with E-state index in [4.69, 9.17) is 4.42 Å². The van der Waals surface area contributed by atoms with E-state index in [1.807, 2.05) is 0 Å². The van der Waals surface area contributed by atoms with Crippen molar-refractivity contribution >= 4 is 5.91 Å². The van der Waals surface area contributed by atoms with Gasteiger partial charge in [-0.15, -0.1) is 0 Å². The number of carbonyl (C=O) groups excluding carboxylic acids is 1. The molecule has 1 aromatic heterocycles. The molecule has 0 radical (unpaired) electrons. The van der Waals surface area contributed by atoms with Crippen LogP contribution in [0.3, 0.4) is 0 Å². The Hall–Kier alpha value is -1.36. The molecule has 1 aromatic rings. The minimum Gasteiger partial charge on any atom is -0.459 e. The molecule has 4 nitrogen and oxygen atoms in total. The fraction of sp³-hybridized carbons (Fsp3) is 0.722. The molecule has 3 aliphatic rings. The first kappa shape index (κ1) is 15.2. The monoisotopic (exact) mass is 320 g/mol. The average molecular weight is 320 g/mol. The first-order valence-corrected chi connectivity index (χ1v) is 8.85. The molecule has 2 atom stereocenters. The first-order valence-electron chi connectivity index (χ1n) is 8.85. The molecule has 2 saturated heterocycles. The summed E-state index contributed by atoms with van der Waals surface area (Å²) < 4.78 is 20.0. The maximum atomic E-state index is 14.7. The van der Waals surface area contributed by atoms with Crippen molar-refractivity contribution in [2.75, 3.05) is 32.7 Å². The number of halogens is 1. The van der Waals surface area contributed by atoms with Crippen molar-refractivity contribution in [2.24, 2.45) is 11.3 Å². The van der Waals surface area contributed by atoms with Crippen molar-refractivity contribution in [1.29, 1.82) is 0 Å². The lowest BCUT2D eigenvalue weighted by molar-refractivity contribution is -0.00123. The van der Waals surface area contributed by atoms with Crippen molar-refractivity contribution in [2.45, 2.75) is 38.3 Å². The highest BCUT2D eigenvalue weighted by Crippen LogP contribution is 2.42. The fourth-order valence-corrected chi connectivity index (χ4v) is 4.43. The predicted octanol–water partition coefficient (Wildman–Crippen LogP) is 2.96. The number of piperidine rings is 1. The second-order valence-electron chi connectivity index (χ2n) is 7.60. The van der Waals surface area contributed by atoms with Crippen LogP contribution in [0.5, 0.6) is 0 Å². The van der Waals surface area contributed by atoms with E-state index in [0.29, 0.717) is 25.3 Å². The fourth-order valence-electron chi connectivity index (χ4n) is 4.43. The van der Waals surface area contributed by atoms with Crippen LogP contribution < -0.4 is 0 Å². The summed E-state index contributed by atoms with van der Waals surface area (Å²) in [6, 6.07) is 3.40. The topological polar surface area (TPSA) is 36.7 Å². The molecule has 1 saturated carbocycles. The van der Waals surface area contributed by atoms with Gasteiger partial charge in [-0.25, -0.2) is 4.39 Å². The van der Waals surface area contributed by atoms with E-state index in [1.54, 1.807) is 17.0 Å². The maximum absolute atomic E-state index is 14.7. The van der Waals surface area contributed by atoms with Gasteiger partial charge < -0.3 is 14.2 Å². The van der Waals surface area contributed by atoms with Crippen LogP contribution in [0.1, 0.15) is 42.7 Å². The summed E-state index contributed by atoms with van der Waals surface area (Å²) in [6.45, 7) is 3.94. The highest BCUT2D eigenvalue weighted by Gasteiger charge is 2.49. The van der Waals surface area contributed by atoms with Gasteiger partial charge in [0.05, 0.1) is 6.26 Å². The Labute approximate surface area is 136 Å². The van der Waals surface area contributed by atoms with Gasteiger partial charge in [-0.1, -0.05) is 6.42 Å². The van der Waals surface area contributed by atoms with Gasteiger partial charge in [0.25, 0.3) is 5.91 Å². The minimum absolute atomic E-state index is 0.102. The largest absolute Gasteiger partial charge is 0.459 e. The van der Waals surface area contributed by atoms with Gasteiger partial charge in [0.2, 0.25) is 0 Å². The van der Waals surface area contributed by atoms with Crippen LogP contribution in [-0.4, -0.2) is 54.6 Å². The third-order valence-corrected chi connectivity index (χ3v) is 6.05. The lowest BCUT2D eigenvalue weighted by Crippen LogP contribution is -2.53. The maximum Gasteiger partial charge on any atom is 0.289 e. The SMILES string of the molecule is O=C(c1ccco1)N1CC[C@]2(CN(CC3CCC3)CC[C@@H]2F)C1. The zero-order chi connectivity index (χ0) is 15.9. The van der Waals surface area contributed by atoms with Crippen LogP contribution in [0.25, 0.3) is 0 Å². The van der Waals surface area contributed by atoms with Gasteiger partial charge >= 0.3 is 0 Å². The standard InChI is InChI=1S/C18H25FN2O2/c19-16-6-8-20(11-14-3-1-4-14)12-18(16)7-9-21(13-18)17(22)15-5-2-10-23-15/h2,5,10,14,16H,1,3-4,6-9,11-13H2/t16-,18-/m0/s1. The van der Waals surface area contributed by atoms with Gasteiger partial charge in [-0.2, -0.15) is 0 Å². The second kappa shape index (κ2) is 5.93. The van der Waals surface area contributed by atoms with Crippen molar-refractivity contribution in [3.8, 4) is 0 Å². The Bertz CT molecular complexity index is 557. The Morgan fingerprint density at radius 2 is 2.17 bits per heavy atom. The van der Waals surface area contributed by atoms with Crippen LogP contribution in [0, 0.1) is 11.3 Å². The normalized spacial score (nSPS) is 32.4. The highest BCUT2D eigenvalue weighted by molar-refractivity contribution is 5.91. The number of nitrogens with zero attached hydrogens (tertiary/aromatic N) is 2. The van der Waals surface area contributed by atoms with Gasteiger partial charge in [-0.05, 0) is 43.7 Å². The molecule has 126 valence electrons. The van der Waals surface area contributed by atoms with E-state index in [2.05, 4.69) is 4.90 Å². The molecular weight excluding hydrogens is 295 g/mol. The summed E-state index contributed by atoms with van der Waals surface area (Å²) in [6.07, 6.45) is 6.09. The molecule has 0 aromatic carbocycles. The van der Waals surface area contributed by atoms with Crippen LogP contribution in [0.4, 0.5) is 4.39 Å². The van der Waals surface area contributed by atoms with Crippen molar-refractivity contribution in [3.05, 3.63) is 24.2 Å². The molecule has 1 amide bonds. The highest BCUT2D eigenvalue weighted by atomic mass is 19.1. The van der Waals surface area contributed by atoms with E-state index in [1.165, 1.54) is 25.5 Å². The molecule has 4 rings (SSSR count). The lowest BCUT2D eigenvalue weighted by Gasteiger charge is -2.44. The number of amides is 1. The van der Waals surface area contributed by atoms with Crippen molar-refractivity contribution < 1.29 is 13.6 Å². The van der Waals surface area contributed by atoms with Crippen LogP contribution in [0.2, 0.25) is 0 Å². The third-order valence-electron chi connectivity index (χ3n) is 6.05. The molecule has 23 heavy (non-hydrogen) atoms. The molecule has 1 spiro atoms. The number of furan rings is 1. The summed E-state index contributed by atoms with van der Waals surface area (Å²) in [5.41, 5.74) is -0.371. The van der Waals surface area contributed by atoms with Crippen LogP contribution in [-0.2, 0) is 0 Å². The number of hydrogen-bond acceptors (Lipinski definition) is 3. The third kappa shape index (κ3) is 2.80. The van der Waals surface area contributed by atoms with Gasteiger partial charge in [0.15, 0.2) is 5.76 Å². The summed E-state index contributed by atoms with van der Waals surface area (Å²) in [5, 5.41) is 0. The van der Waals surface area contributed by atoms with Crippen molar-refractivity contribution in [3.63, 3.8) is 0 Å². The number of likely N-dealkylation sites (tertiary alicyclic amines) is 2. The number of rotatable bonds is 3. The van der Waals surface area contributed by atoms with E-state index in [-0.39, 0.29) is 11.3 Å². The van der Waals surface area contributed by atoms with Gasteiger partial charge in [0, 0.05) is 38.1 Å². The Morgan fingerprint density at radius 1 is 1.30 bits per heavy atom. The Balaban J connectivity index is 1.43. The second-order valence-corrected chi connectivity index (χ2v) is 7.60. The number of alkyl halides is 1. The molecule has 0 bridgehead atoms. The zero-order valence-corrected chi connectivity index (χ0v) is 13.5. The van der Waals surface area contributed by atoms with Crippen LogP contribution >= 0.6 is 0 Å². The van der Waals surface area contributed by atoms with E-state index < -0.39 is 6.17 Å². The van der Waals surface area contributed by atoms with Crippen molar-refractivity contribution in [1.82, 2.24) is 9.80 Å².